The van der Waals surface area contributed by atoms with Crippen LogP contribution in [-0.4, -0.2) is 27.6 Å². The van der Waals surface area contributed by atoms with Crippen LogP contribution in [0.15, 0.2) is 71.9 Å². The third-order valence-electron chi connectivity index (χ3n) is 3.70. The van der Waals surface area contributed by atoms with Gasteiger partial charge >= 0.3 is 11.9 Å². The molecule has 0 spiro atoms. The molecule has 0 aromatic heterocycles. The van der Waals surface area contributed by atoms with Crippen LogP contribution in [-0.2, 0) is 14.3 Å². The van der Waals surface area contributed by atoms with Gasteiger partial charge in [-0.2, -0.15) is 0 Å². The van der Waals surface area contributed by atoms with Crippen LogP contribution in [0, 0.1) is 0 Å². The SMILES string of the molecule is COC(=O)/C(CC(=O)O)=C(/C1=CC=CC(C)(I)C=C1)c1ccccc1. The number of aliphatic carboxylic acids is 1. The van der Waals surface area contributed by atoms with Crippen molar-refractivity contribution in [1.82, 2.24) is 0 Å². The summed E-state index contributed by atoms with van der Waals surface area (Å²) in [6.45, 7) is 2.06. The Kier molecular flexibility index (Phi) is 6.36. The van der Waals surface area contributed by atoms with Crippen molar-refractivity contribution in [3.8, 4) is 0 Å². The lowest BCUT2D eigenvalue weighted by atomic mass is 9.90. The lowest BCUT2D eigenvalue weighted by molar-refractivity contribution is -0.141. The fraction of sp³-hybridized carbons (Fsp3) is 0.200. The summed E-state index contributed by atoms with van der Waals surface area (Å²) in [4.78, 5) is 23.6. The zero-order chi connectivity index (χ0) is 18.4. The molecule has 5 heteroatoms. The molecule has 4 nitrogen and oxygen atoms in total. The number of esters is 1. The summed E-state index contributed by atoms with van der Waals surface area (Å²) in [7, 11) is 1.26. The highest BCUT2D eigenvalue weighted by Crippen LogP contribution is 2.33. The van der Waals surface area contributed by atoms with E-state index < -0.39 is 18.4 Å². The number of rotatable bonds is 5. The minimum absolute atomic E-state index is 0.127. The zero-order valence-electron chi connectivity index (χ0n) is 14.0. The first kappa shape index (κ1) is 19.2. The average molecular weight is 450 g/mol. The highest BCUT2D eigenvalue weighted by molar-refractivity contribution is 14.1. The maximum Gasteiger partial charge on any atom is 0.334 e. The number of carboxylic acids is 1. The Balaban J connectivity index is 2.71. The summed E-state index contributed by atoms with van der Waals surface area (Å²) < 4.78 is 4.69. The number of halogens is 1. The van der Waals surface area contributed by atoms with Crippen LogP contribution in [0.4, 0.5) is 0 Å². The fourth-order valence-corrected chi connectivity index (χ4v) is 2.91. The Labute approximate surface area is 160 Å². The predicted octanol–water partition coefficient (Wildman–Crippen LogP) is 4.33. The van der Waals surface area contributed by atoms with Crippen LogP contribution in [0.1, 0.15) is 18.9 Å². The quantitative estimate of drug-likeness (QED) is 0.314. The third-order valence-corrected chi connectivity index (χ3v) is 4.42. The van der Waals surface area contributed by atoms with Crippen molar-refractivity contribution in [2.75, 3.05) is 7.11 Å². The molecule has 1 aromatic carbocycles. The van der Waals surface area contributed by atoms with E-state index in [4.69, 9.17) is 4.74 Å². The van der Waals surface area contributed by atoms with Crippen LogP contribution >= 0.6 is 22.6 Å². The minimum Gasteiger partial charge on any atom is -0.481 e. The summed E-state index contributed by atoms with van der Waals surface area (Å²) in [5.74, 6) is -1.72. The molecular formula is C20H19IO4. The van der Waals surface area contributed by atoms with Gasteiger partial charge in [0.05, 0.1) is 22.5 Å². The number of allylic oxidation sites excluding steroid dienone is 7. The van der Waals surface area contributed by atoms with E-state index in [-0.39, 0.29) is 8.99 Å². The van der Waals surface area contributed by atoms with Crippen LogP contribution in [0.25, 0.3) is 5.57 Å². The van der Waals surface area contributed by atoms with E-state index >= 15 is 0 Å². The normalized spacial score (nSPS) is 20.4. The highest BCUT2D eigenvalue weighted by atomic mass is 127. The summed E-state index contributed by atoms with van der Waals surface area (Å²) in [6.07, 6.45) is 9.36. The van der Waals surface area contributed by atoms with Gasteiger partial charge in [-0.05, 0) is 23.6 Å². The van der Waals surface area contributed by atoms with Gasteiger partial charge in [0, 0.05) is 0 Å². The molecule has 0 bridgehead atoms. The molecule has 1 aliphatic rings. The number of hydrogen-bond donors (Lipinski definition) is 1. The van der Waals surface area contributed by atoms with Gasteiger partial charge in [-0.15, -0.1) is 0 Å². The topological polar surface area (TPSA) is 63.6 Å². The molecule has 0 saturated carbocycles. The Morgan fingerprint density at radius 3 is 2.48 bits per heavy atom. The van der Waals surface area contributed by atoms with Crippen molar-refractivity contribution in [3.05, 3.63) is 77.4 Å². The monoisotopic (exact) mass is 450 g/mol. The van der Waals surface area contributed by atoms with Gasteiger partial charge in [-0.3, -0.25) is 4.79 Å². The van der Waals surface area contributed by atoms with Crippen LogP contribution in [0.2, 0.25) is 0 Å². The van der Waals surface area contributed by atoms with E-state index in [1.807, 2.05) is 60.7 Å². The van der Waals surface area contributed by atoms with Crippen molar-refractivity contribution in [2.24, 2.45) is 0 Å². The first-order chi connectivity index (χ1) is 11.8. The number of hydrogen-bond acceptors (Lipinski definition) is 3. The number of benzene rings is 1. The van der Waals surface area contributed by atoms with Crippen molar-refractivity contribution >= 4 is 40.1 Å². The summed E-state index contributed by atoms with van der Waals surface area (Å²) in [6, 6.07) is 9.28. The van der Waals surface area contributed by atoms with E-state index in [0.29, 0.717) is 5.57 Å². The number of carboxylic acid groups (broad SMARTS) is 1. The lowest BCUT2D eigenvalue weighted by Crippen LogP contribution is -2.13. The Bertz CT molecular complexity index is 783. The average Bonchev–Trinajstić information content (AvgIpc) is 2.75. The van der Waals surface area contributed by atoms with E-state index in [9.17, 15) is 14.7 Å². The van der Waals surface area contributed by atoms with Crippen molar-refractivity contribution < 1.29 is 19.4 Å². The molecule has 1 aliphatic carbocycles. The second-order valence-electron chi connectivity index (χ2n) is 5.75. The van der Waals surface area contributed by atoms with Crippen LogP contribution in [0.3, 0.4) is 0 Å². The molecule has 1 aromatic rings. The van der Waals surface area contributed by atoms with Crippen molar-refractivity contribution in [2.45, 2.75) is 16.8 Å². The van der Waals surface area contributed by atoms with Gasteiger partial charge in [0.2, 0.25) is 0 Å². The van der Waals surface area contributed by atoms with Gasteiger partial charge in [-0.1, -0.05) is 83.3 Å². The molecule has 25 heavy (non-hydrogen) atoms. The van der Waals surface area contributed by atoms with Gasteiger partial charge < -0.3 is 9.84 Å². The first-order valence-corrected chi connectivity index (χ1v) is 8.78. The first-order valence-electron chi connectivity index (χ1n) is 7.71. The number of methoxy groups -OCH3 is 1. The summed E-state index contributed by atoms with van der Waals surface area (Å²) >= 11 is 2.31. The molecule has 2 rings (SSSR count). The second-order valence-corrected chi connectivity index (χ2v) is 8.07. The molecule has 1 unspecified atom stereocenters. The van der Waals surface area contributed by atoms with Crippen molar-refractivity contribution in [1.29, 1.82) is 0 Å². The molecule has 1 atom stereocenters. The lowest BCUT2D eigenvalue weighted by Gasteiger charge is -2.15. The molecule has 0 saturated heterocycles. The van der Waals surface area contributed by atoms with E-state index in [1.54, 1.807) is 0 Å². The van der Waals surface area contributed by atoms with E-state index in [0.717, 1.165) is 11.1 Å². The van der Waals surface area contributed by atoms with E-state index in [2.05, 4.69) is 29.5 Å². The highest BCUT2D eigenvalue weighted by Gasteiger charge is 2.23. The summed E-state index contributed by atoms with van der Waals surface area (Å²) in [5, 5.41) is 9.27. The predicted molar refractivity (Wildman–Crippen MR) is 106 cm³/mol. The maximum atomic E-state index is 12.3. The molecule has 1 N–H and O–H groups in total. The molecule has 0 fully saturated rings. The van der Waals surface area contributed by atoms with Gasteiger partial charge in [0.25, 0.3) is 0 Å². The molecule has 0 heterocycles. The largest absolute Gasteiger partial charge is 0.481 e. The molecule has 0 amide bonds. The van der Waals surface area contributed by atoms with Crippen LogP contribution in [0.5, 0.6) is 0 Å². The molecule has 0 radical (unpaired) electrons. The van der Waals surface area contributed by atoms with Gasteiger partial charge in [0.1, 0.15) is 0 Å². The number of carbonyl (C=O) groups excluding carboxylic acids is 1. The smallest absolute Gasteiger partial charge is 0.334 e. The number of ether oxygens (including phenoxy) is 1. The standard InChI is InChI=1S/C20H19IO4/c1-20(21)11-6-9-15(10-12-20)18(14-7-4-3-5-8-14)16(13-17(22)23)19(24)25-2/h3-12H,13H2,1-2H3,(H,22,23)/b18-16+. The van der Waals surface area contributed by atoms with E-state index in [1.165, 1.54) is 7.11 Å². The van der Waals surface area contributed by atoms with Crippen LogP contribution < -0.4 is 0 Å². The van der Waals surface area contributed by atoms with Gasteiger partial charge in [-0.25, -0.2) is 4.79 Å². The number of carbonyl (C=O) groups is 2. The molecular weight excluding hydrogens is 431 g/mol. The Morgan fingerprint density at radius 1 is 1.20 bits per heavy atom. The fourth-order valence-electron chi connectivity index (χ4n) is 2.53. The maximum absolute atomic E-state index is 12.3. The minimum atomic E-state index is -1.08. The summed E-state index contributed by atoms with van der Waals surface area (Å²) in [5.41, 5.74) is 2.24. The Morgan fingerprint density at radius 2 is 1.88 bits per heavy atom. The van der Waals surface area contributed by atoms with Gasteiger partial charge in [0.15, 0.2) is 0 Å². The third kappa shape index (κ3) is 5.16. The zero-order valence-corrected chi connectivity index (χ0v) is 16.2. The molecule has 130 valence electrons. The second kappa shape index (κ2) is 8.29. The molecule has 0 aliphatic heterocycles. The number of alkyl halides is 1. The Hall–Kier alpha value is -2.15. The van der Waals surface area contributed by atoms with Crippen molar-refractivity contribution in [3.63, 3.8) is 0 Å².